The van der Waals surface area contributed by atoms with Crippen molar-refractivity contribution >= 4 is 12.4 Å². The van der Waals surface area contributed by atoms with Gasteiger partial charge in [0.05, 0.1) is 0 Å². The van der Waals surface area contributed by atoms with Crippen LogP contribution in [0, 0.1) is 13.8 Å². The highest BCUT2D eigenvalue weighted by atomic mass is 35.5. The van der Waals surface area contributed by atoms with Crippen molar-refractivity contribution in [2.45, 2.75) is 39.3 Å². The maximum atomic E-state index is 3.31. The predicted molar refractivity (Wildman–Crippen MR) is 80.5 cm³/mol. The van der Waals surface area contributed by atoms with Gasteiger partial charge in [-0.1, -0.05) is 23.8 Å². The van der Waals surface area contributed by atoms with Crippen LogP contribution < -0.4 is 5.32 Å². The Balaban J connectivity index is 0.00000162. The highest BCUT2D eigenvalue weighted by molar-refractivity contribution is 5.85. The molecule has 1 atom stereocenters. The summed E-state index contributed by atoms with van der Waals surface area (Å²) < 4.78 is 0. The van der Waals surface area contributed by atoms with E-state index < -0.39 is 0 Å². The molecule has 0 aliphatic carbocycles. The third-order valence-corrected chi connectivity index (χ3v) is 3.81. The largest absolute Gasteiger partial charge is 0.318 e. The van der Waals surface area contributed by atoms with Crippen LogP contribution in [-0.2, 0) is 6.54 Å². The Bertz CT molecular complexity index is 379. The standard InChI is InChI=1S/C15H24N2.ClH/c1-12-6-7-14(13(2)9-12)11-17-8-4-5-15(17)10-16-3;/h6-7,9,15-16H,4-5,8,10-11H2,1-3H3;1H. The molecule has 1 aliphatic rings. The van der Waals surface area contributed by atoms with Crippen LogP contribution in [0.15, 0.2) is 18.2 Å². The van der Waals surface area contributed by atoms with Crippen molar-refractivity contribution < 1.29 is 0 Å². The number of benzene rings is 1. The molecule has 1 aliphatic heterocycles. The Morgan fingerprint density at radius 1 is 1.33 bits per heavy atom. The average molecular weight is 269 g/mol. The highest BCUT2D eigenvalue weighted by Gasteiger charge is 2.23. The lowest BCUT2D eigenvalue weighted by Gasteiger charge is -2.25. The Morgan fingerprint density at radius 2 is 2.11 bits per heavy atom. The molecule has 1 heterocycles. The summed E-state index contributed by atoms with van der Waals surface area (Å²) in [5, 5.41) is 3.31. The van der Waals surface area contributed by atoms with E-state index in [1.54, 1.807) is 0 Å². The fourth-order valence-corrected chi connectivity index (χ4v) is 2.81. The minimum Gasteiger partial charge on any atom is -0.318 e. The van der Waals surface area contributed by atoms with Gasteiger partial charge < -0.3 is 5.32 Å². The third-order valence-electron chi connectivity index (χ3n) is 3.81. The summed E-state index contributed by atoms with van der Waals surface area (Å²) in [6.07, 6.45) is 2.68. The summed E-state index contributed by atoms with van der Waals surface area (Å²) in [7, 11) is 2.05. The number of aryl methyl sites for hydroxylation is 2. The number of nitrogens with zero attached hydrogens (tertiary/aromatic N) is 1. The second-order valence-electron chi connectivity index (χ2n) is 5.25. The van der Waals surface area contributed by atoms with Gasteiger partial charge in [-0.25, -0.2) is 0 Å². The average Bonchev–Trinajstić information content (AvgIpc) is 2.71. The predicted octanol–water partition coefficient (Wildman–Crippen LogP) is 2.91. The van der Waals surface area contributed by atoms with E-state index in [4.69, 9.17) is 0 Å². The Morgan fingerprint density at radius 3 is 2.78 bits per heavy atom. The van der Waals surface area contributed by atoms with Gasteiger partial charge in [0.1, 0.15) is 0 Å². The van der Waals surface area contributed by atoms with Gasteiger partial charge >= 0.3 is 0 Å². The minimum atomic E-state index is 0. The normalized spacial score (nSPS) is 19.8. The molecule has 1 aromatic carbocycles. The van der Waals surface area contributed by atoms with Crippen LogP contribution in [0.2, 0.25) is 0 Å². The first kappa shape index (κ1) is 15.5. The molecule has 0 radical (unpaired) electrons. The van der Waals surface area contributed by atoms with Crippen LogP contribution in [0.3, 0.4) is 0 Å². The van der Waals surface area contributed by atoms with Gasteiger partial charge in [0.2, 0.25) is 0 Å². The Hall–Kier alpha value is -0.570. The molecule has 0 saturated carbocycles. The molecule has 3 heteroatoms. The lowest BCUT2D eigenvalue weighted by atomic mass is 10.0. The smallest absolute Gasteiger partial charge is 0.0239 e. The summed E-state index contributed by atoms with van der Waals surface area (Å²) in [6, 6.07) is 7.53. The molecule has 0 amide bonds. The molecular weight excluding hydrogens is 244 g/mol. The molecule has 2 rings (SSSR count). The maximum absolute atomic E-state index is 3.31. The monoisotopic (exact) mass is 268 g/mol. The minimum absolute atomic E-state index is 0. The second kappa shape index (κ2) is 7.13. The summed E-state index contributed by atoms with van der Waals surface area (Å²) in [5.41, 5.74) is 4.28. The van der Waals surface area contributed by atoms with Crippen molar-refractivity contribution in [2.24, 2.45) is 0 Å². The van der Waals surface area contributed by atoms with E-state index in [-0.39, 0.29) is 12.4 Å². The van der Waals surface area contributed by atoms with Gasteiger partial charge in [-0.15, -0.1) is 12.4 Å². The first-order valence-electron chi connectivity index (χ1n) is 6.65. The van der Waals surface area contributed by atoms with Gasteiger partial charge in [-0.05, 0) is 51.4 Å². The Kier molecular flexibility index (Phi) is 6.13. The van der Waals surface area contributed by atoms with E-state index in [1.165, 1.54) is 36.1 Å². The zero-order valence-electron chi connectivity index (χ0n) is 11.7. The maximum Gasteiger partial charge on any atom is 0.0239 e. The van der Waals surface area contributed by atoms with Crippen molar-refractivity contribution in [3.8, 4) is 0 Å². The number of rotatable bonds is 4. The van der Waals surface area contributed by atoms with Crippen molar-refractivity contribution in [1.82, 2.24) is 10.2 Å². The Labute approximate surface area is 117 Å². The summed E-state index contributed by atoms with van der Waals surface area (Å²) >= 11 is 0. The molecule has 1 fully saturated rings. The first-order valence-corrected chi connectivity index (χ1v) is 6.65. The summed E-state index contributed by atoms with van der Waals surface area (Å²) in [6.45, 7) is 7.87. The molecule has 102 valence electrons. The van der Waals surface area contributed by atoms with E-state index in [2.05, 4.69) is 42.3 Å². The van der Waals surface area contributed by atoms with Crippen molar-refractivity contribution in [2.75, 3.05) is 20.1 Å². The molecule has 1 unspecified atom stereocenters. The molecule has 0 bridgehead atoms. The van der Waals surface area contributed by atoms with Gasteiger partial charge in [-0.2, -0.15) is 0 Å². The number of likely N-dealkylation sites (tertiary alicyclic amines) is 1. The van der Waals surface area contributed by atoms with E-state index in [1.807, 2.05) is 7.05 Å². The van der Waals surface area contributed by atoms with Crippen LogP contribution in [-0.4, -0.2) is 31.1 Å². The van der Waals surface area contributed by atoms with Crippen molar-refractivity contribution in [3.63, 3.8) is 0 Å². The van der Waals surface area contributed by atoms with E-state index in [9.17, 15) is 0 Å². The van der Waals surface area contributed by atoms with Crippen LogP contribution in [0.1, 0.15) is 29.5 Å². The van der Waals surface area contributed by atoms with E-state index in [0.717, 1.165) is 19.1 Å². The van der Waals surface area contributed by atoms with Crippen LogP contribution >= 0.6 is 12.4 Å². The van der Waals surface area contributed by atoms with Gasteiger partial charge in [0.25, 0.3) is 0 Å². The number of halogens is 1. The lowest BCUT2D eigenvalue weighted by Crippen LogP contribution is -2.36. The third kappa shape index (κ3) is 3.71. The fraction of sp³-hybridized carbons (Fsp3) is 0.600. The zero-order valence-corrected chi connectivity index (χ0v) is 12.5. The zero-order chi connectivity index (χ0) is 12.3. The van der Waals surface area contributed by atoms with Gasteiger partial charge in [0, 0.05) is 19.1 Å². The van der Waals surface area contributed by atoms with Gasteiger partial charge in [-0.3, -0.25) is 4.90 Å². The number of hydrogen-bond acceptors (Lipinski definition) is 2. The number of likely N-dealkylation sites (N-methyl/N-ethyl adjacent to an activating group) is 1. The molecular formula is C15H25ClN2. The molecule has 1 aromatic rings. The van der Waals surface area contributed by atoms with Crippen LogP contribution in [0.25, 0.3) is 0 Å². The molecule has 0 spiro atoms. The topological polar surface area (TPSA) is 15.3 Å². The van der Waals surface area contributed by atoms with Crippen LogP contribution in [0.5, 0.6) is 0 Å². The first-order chi connectivity index (χ1) is 8.20. The van der Waals surface area contributed by atoms with Crippen molar-refractivity contribution in [3.05, 3.63) is 34.9 Å². The van der Waals surface area contributed by atoms with Crippen LogP contribution in [0.4, 0.5) is 0 Å². The lowest BCUT2D eigenvalue weighted by molar-refractivity contribution is 0.242. The number of nitrogens with one attached hydrogen (secondary N) is 1. The van der Waals surface area contributed by atoms with E-state index in [0.29, 0.717) is 0 Å². The highest BCUT2D eigenvalue weighted by Crippen LogP contribution is 2.21. The number of hydrogen-bond donors (Lipinski definition) is 1. The second-order valence-corrected chi connectivity index (χ2v) is 5.25. The van der Waals surface area contributed by atoms with Crippen molar-refractivity contribution in [1.29, 1.82) is 0 Å². The summed E-state index contributed by atoms with van der Waals surface area (Å²) in [4.78, 5) is 2.62. The fourth-order valence-electron chi connectivity index (χ4n) is 2.81. The van der Waals surface area contributed by atoms with E-state index >= 15 is 0 Å². The molecule has 2 nitrogen and oxygen atoms in total. The molecule has 1 N–H and O–H groups in total. The summed E-state index contributed by atoms with van der Waals surface area (Å²) in [5.74, 6) is 0. The quantitative estimate of drug-likeness (QED) is 0.903. The SMILES string of the molecule is CNCC1CCCN1Cc1ccc(C)cc1C.Cl. The molecule has 1 saturated heterocycles. The van der Waals surface area contributed by atoms with Gasteiger partial charge in [0.15, 0.2) is 0 Å². The molecule has 18 heavy (non-hydrogen) atoms. The molecule has 0 aromatic heterocycles.